The maximum atomic E-state index is 12.9. The van der Waals surface area contributed by atoms with Gasteiger partial charge in [0, 0.05) is 17.3 Å². The fourth-order valence-electron chi connectivity index (χ4n) is 3.29. The third-order valence-electron chi connectivity index (χ3n) is 4.81. The number of carbonyl (C=O) groups is 3. The van der Waals surface area contributed by atoms with E-state index in [1.807, 2.05) is 0 Å². The summed E-state index contributed by atoms with van der Waals surface area (Å²) >= 11 is 8.20. The van der Waals surface area contributed by atoms with Gasteiger partial charge in [0.1, 0.15) is 9.88 Å². The van der Waals surface area contributed by atoms with Crippen molar-refractivity contribution in [3.8, 4) is 0 Å². The number of thiophene rings is 1. The van der Waals surface area contributed by atoms with E-state index in [1.165, 1.54) is 18.4 Å². The van der Waals surface area contributed by atoms with Gasteiger partial charge in [0.2, 0.25) is 5.01 Å². The van der Waals surface area contributed by atoms with Crippen LogP contribution in [-0.4, -0.2) is 46.7 Å². The summed E-state index contributed by atoms with van der Waals surface area (Å²) in [6.07, 6.45) is 1.49. The molecule has 1 aliphatic rings. The minimum absolute atomic E-state index is 0.202. The van der Waals surface area contributed by atoms with Gasteiger partial charge in [-0.3, -0.25) is 4.79 Å². The first-order valence-electron chi connectivity index (χ1n) is 9.60. The van der Waals surface area contributed by atoms with Crippen LogP contribution < -0.4 is 10.6 Å². The van der Waals surface area contributed by atoms with Crippen molar-refractivity contribution in [1.82, 2.24) is 15.1 Å². The van der Waals surface area contributed by atoms with Crippen LogP contribution in [0.4, 0.5) is 16.2 Å². The van der Waals surface area contributed by atoms with Gasteiger partial charge in [0.05, 0.1) is 18.8 Å². The van der Waals surface area contributed by atoms with Crippen LogP contribution in [0.1, 0.15) is 43.4 Å². The van der Waals surface area contributed by atoms with Crippen molar-refractivity contribution in [3.05, 3.63) is 55.6 Å². The Kier molecular flexibility index (Phi) is 6.68. The zero-order chi connectivity index (χ0) is 22.7. The Balaban J connectivity index is 1.44. The molecule has 0 aliphatic carbocycles. The Labute approximate surface area is 196 Å². The van der Waals surface area contributed by atoms with Gasteiger partial charge in [0.15, 0.2) is 0 Å². The molecule has 1 saturated heterocycles. The van der Waals surface area contributed by atoms with E-state index in [4.69, 9.17) is 16.3 Å². The lowest BCUT2D eigenvalue weighted by Gasteiger charge is -2.23. The van der Waals surface area contributed by atoms with Crippen LogP contribution in [0, 0.1) is 0 Å². The first-order chi connectivity index (χ1) is 15.5. The number of benzene rings is 1. The van der Waals surface area contributed by atoms with Crippen LogP contribution >= 0.6 is 34.3 Å². The normalized spacial score (nSPS) is 15.4. The third-order valence-corrected chi connectivity index (χ3v) is 6.98. The molecule has 166 valence electrons. The number of esters is 1. The number of urea groups is 1. The molecular weight excluding hydrogens is 474 g/mol. The lowest BCUT2D eigenvalue weighted by Crippen LogP contribution is -2.34. The highest BCUT2D eigenvalue weighted by Gasteiger charge is 2.34. The molecule has 1 atom stereocenters. The molecule has 3 heterocycles. The molecule has 12 heteroatoms. The fourth-order valence-corrected chi connectivity index (χ4v) is 5.07. The number of ether oxygens (including phenoxy) is 1. The Morgan fingerprint density at radius 3 is 2.69 bits per heavy atom. The Hall–Kier alpha value is -3.02. The molecule has 1 aromatic carbocycles. The van der Waals surface area contributed by atoms with E-state index in [2.05, 4.69) is 20.8 Å². The van der Waals surface area contributed by atoms with Crippen molar-refractivity contribution < 1.29 is 19.1 Å². The van der Waals surface area contributed by atoms with Crippen LogP contribution in [-0.2, 0) is 4.74 Å². The van der Waals surface area contributed by atoms with E-state index in [9.17, 15) is 14.4 Å². The minimum Gasteiger partial charge on any atom is -0.465 e. The van der Waals surface area contributed by atoms with Crippen molar-refractivity contribution >= 4 is 63.6 Å². The van der Waals surface area contributed by atoms with Gasteiger partial charge >= 0.3 is 12.0 Å². The average Bonchev–Trinajstić information content (AvgIpc) is 3.54. The largest absolute Gasteiger partial charge is 0.465 e. The second-order valence-corrected chi connectivity index (χ2v) is 9.20. The molecule has 3 aromatic rings. The van der Waals surface area contributed by atoms with Crippen LogP contribution in [0.2, 0.25) is 5.02 Å². The molecule has 0 spiro atoms. The monoisotopic (exact) mass is 491 g/mol. The number of rotatable bonds is 5. The van der Waals surface area contributed by atoms with E-state index in [0.29, 0.717) is 39.2 Å². The average molecular weight is 492 g/mol. The third kappa shape index (κ3) is 4.74. The summed E-state index contributed by atoms with van der Waals surface area (Å²) in [4.78, 5) is 39.2. The summed E-state index contributed by atoms with van der Waals surface area (Å²) in [5.41, 5.74) is 0.994. The van der Waals surface area contributed by atoms with Crippen molar-refractivity contribution in [3.63, 3.8) is 0 Å². The van der Waals surface area contributed by atoms with E-state index >= 15 is 0 Å². The van der Waals surface area contributed by atoms with Gasteiger partial charge in [-0.1, -0.05) is 22.9 Å². The molecule has 0 saturated carbocycles. The molecule has 0 unspecified atom stereocenters. The van der Waals surface area contributed by atoms with Gasteiger partial charge in [-0.15, -0.1) is 21.5 Å². The van der Waals surface area contributed by atoms with Crippen molar-refractivity contribution in [2.45, 2.75) is 18.9 Å². The second kappa shape index (κ2) is 9.63. The number of likely N-dealkylation sites (tertiary alicyclic amines) is 1. The summed E-state index contributed by atoms with van der Waals surface area (Å²) < 4.78 is 4.75. The van der Waals surface area contributed by atoms with Gasteiger partial charge in [-0.25, -0.2) is 9.59 Å². The molecule has 32 heavy (non-hydrogen) atoms. The molecule has 2 aromatic heterocycles. The number of amides is 3. The SMILES string of the molecule is COC(=O)c1sccc1NC(=O)N1CCC[C@@H]1c1nnc(C(=O)Nc2ccc(Cl)cc2)s1. The van der Waals surface area contributed by atoms with E-state index in [1.54, 1.807) is 40.6 Å². The number of anilines is 2. The topological polar surface area (TPSA) is 114 Å². The standard InChI is InChI=1S/C20H18ClN5O4S2/c1-30-19(28)15-13(8-10-31-15)23-20(29)26-9-2-3-14(26)17-24-25-18(32-17)16(27)22-12-6-4-11(21)5-7-12/h4-8,10,14H,2-3,9H2,1H3,(H,22,27)(H,23,29)/t14-/m1/s1. The maximum absolute atomic E-state index is 12.9. The number of carbonyl (C=O) groups excluding carboxylic acids is 3. The number of hydrogen-bond acceptors (Lipinski definition) is 8. The lowest BCUT2D eigenvalue weighted by atomic mass is 10.2. The van der Waals surface area contributed by atoms with E-state index < -0.39 is 5.97 Å². The van der Waals surface area contributed by atoms with Gasteiger partial charge in [-0.2, -0.15) is 0 Å². The smallest absolute Gasteiger partial charge is 0.350 e. The Morgan fingerprint density at radius 1 is 1.16 bits per heavy atom. The number of nitrogens with one attached hydrogen (secondary N) is 2. The molecule has 0 radical (unpaired) electrons. The fraction of sp³-hybridized carbons (Fsp3) is 0.250. The minimum atomic E-state index is -0.506. The number of nitrogens with zero attached hydrogens (tertiary/aromatic N) is 3. The van der Waals surface area contributed by atoms with Crippen molar-refractivity contribution in [2.75, 3.05) is 24.3 Å². The molecule has 3 amide bonds. The lowest BCUT2D eigenvalue weighted by molar-refractivity contribution is 0.0607. The predicted octanol–water partition coefficient (Wildman–Crippen LogP) is 4.66. The van der Waals surface area contributed by atoms with Crippen LogP contribution in [0.3, 0.4) is 0 Å². The quantitative estimate of drug-likeness (QED) is 0.502. The first kappa shape index (κ1) is 22.2. The van der Waals surface area contributed by atoms with Crippen LogP contribution in [0.25, 0.3) is 0 Å². The number of hydrogen-bond donors (Lipinski definition) is 2. The Morgan fingerprint density at radius 2 is 1.94 bits per heavy atom. The summed E-state index contributed by atoms with van der Waals surface area (Å²) in [6.45, 7) is 0.528. The highest BCUT2D eigenvalue weighted by molar-refractivity contribution is 7.13. The molecule has 1 fully saturated rings. The van der Waals surface area contributed by atoms with Crippen molar-refractivity contribution in [2.24, 2.45) is 0 Å². The Bertz CT molecular complexity index is 1150. The number of halogens is 1. The molecular formula is C20H18ClN5O4S2. The summed E-state index contributed by atoms with van der Waals surface area (Å²) in [5, 5.41) is 16.8. The van der Waals surface area contributed by atoms with Gasteiger partial charge in [0.25, 0.3) is 5.91 Å². The molecule has 0 bridgehead atoms. The molecule has 2 N–H and O–H groups in total. The first-order valence-corrected chi connectivity index (χ1v) is 11.7. The maximum Gasteiger partial charge on any atom is 0.350 e. The second-order valence-electron chi connectivity index (χ2n) is 6.84. The van der Waals surface area contributed by atoms with Crippen LogP contribution in [0.5, 0.6) is 0 Å². The summed E-state index contributed by atoms with van der Waals surface area (Å²) in [6, 6.07) is 7.75. The van der Waals surface area contributed by atoms with Gasteiger partial charge in [-0.05, 0) is 48.6 Å². The van der Waals surface area contributed by atoms with Gasteiger partial charge < -0.3 is 20.3 Å². The molecule has 9 nitrogen and oxygen atoms in total. The van der Waals surface area contributed by atoms with Crippen molar-refractivity contribution in [1.29, 1.82) is 0 Å². The summed E-state index contributed by atoms with van der Waals surface area (Å²) in [5.74, 6) is -0.889. The number of aromatic nitrogens is 2. The summed E-state index contributed by atoms with van der Waals surface area (Å²) in [7, 11) is 1.29. The molecule has 1 aliphatic heterocycles. The predicted molar refractivity (Wildman–Crippen MR) is 123 cm³/mol. The molecule has 4 rings (SSSR count). The highest BCUT2D eigenvalue weighted by atomic mass is 35.5. The van der Waals surface area contributed by atoms with E-state index in [0.717, 1.165) is 17.8 Å². The highest BCUT2D eigenvalue weighted by Crippen LogP contribution is 2.35. The van der Waals surface area contributed by atoms with E-state index in [-0.39, 0.29) is 23.0 Å². The zero-order valence-electron chi connectivity index (χ0n) is 16.8. The zero-order valence-corrected chi connectivity index (χ0v) is 19.2. The number of methoxy groups -OCH3 is 1. The van der Waals surface area contributed by atoms with Crippen LogP contribution in [0.15, 0.2) is 35.7 Å².